The van der Waals surface area contributed by atoms with Gasteiger partial charge in [-0.25, -0.2) is 9.98 Å². The number of aryl methyl sites for hydroxylation is 1. The number of ether oxygens (including phenoxy) is 1. The van der Waals surface area contributed by atoms with Gasteiger partial charge in [-0.3, -0.25) is 0 Å². The Morgan fingerprint density at radius 2 is 2.17 bits per heavy atom. The lowest BCUT2D eigenvalue weighted by atomic mass is 10.2. The van der Waals surface area contributed by atoms with Crippen molar-refractivity contribution in [2.75, 3.05) is 11.9 Å². The van der Waals surface area contributed by atoms with E-state index >= 15 is 0 Å². The van der Waals surface area contributed by atoms with Crippen LogP contribution in [0.3, 0.4) is 0 Å². The summed E-state index contributed by atoms with van der Waals surface area (Å²) < 4.78 is 5.62. The summed E-state index contributed by atoms with van der Waals surface area (Å²) in [5.74, 6) is 1.80. The number of halogens is 1. The summed E-state index contributed by atoms with van der Waals surface area (Å²) in [7, 11) is 0. The summed E-state index contributed by atoms with van der Waals surface area (Å²) in [6.07, 6.45) is 4.34. The normalized spacial score (nSPS) is 14.0. The zero-order valence-corrected chi connectivity index (χ0v) is 16.1. The minimum absolute atomic E-state index is 0. The first-order valence-corrected chi connectivity index (χ1v) is 7.90. The average molecular weight is 438 g/mol. The van der Waals surface area contributed by atoms with Crippen LogP contribution in [0.1, 0.15) is 24.0 Å². The Morgan fingerprint density at radius 1 is 1.33 bits per heavy atom. The fourth-order valence-electron chi connectivity index (χ4n) is 2.16. The largest absolute Gasteiger partial charge is 0.477 e. The van der Waals surface area contributed by atoms with Crippen molar-refractivity contribution in [2.24, 2.45) is 16.6 Å². The van der Waals surface area contributed by atoms with Crippen LogP contribution in [0.25, 0.3) is 0 Å². The number of guanidine groups is 1. The van der Waals surface area contributed by atoms with Crippen LogP contribution >= 0.6 is 24.0 Å². The molecular weight excluding hydrogens is 415 g/mol. The summed E-state index contributed by atoms with van der Waals surface area (Å²) in [5.41, 5.74) is 9.03. The van der Waals surface area contributed by atoms with Crippen molar-refractivity contribution < 1.29 is 4.74 Å². The first-order chi connectivity index (χ1) is 11.2. The maximum absolute atomic E-state index is 5.92. The SMILES string of the molecule is Cc1cccc(NC(N)=NCc2ccc(OCC3CC3)nc2)c1.I. The lowest BCUT2D eigenvalue weighted by Crippen LogP contribution is -2.22. The minimum atomic E-state index is 0. The standard InChI is InChI=1S/C18H22N4O.HI/c1-13-3-2-4-16(9-13)22-18(19)21-11-15-7-8-17(20-10-15)23-12-14-5-6-14;/h2-4,7-10,14H,5-6,11-12H2,1H3,(H3,19,21,22);1H. The maximum atomic E-state index is 5.92. The molecule has 1 saturated carbocycles. The molecule has 0 unspecified atom stereocenters. The van der Waals surface area contributed by atoms with Gasteiger partial charge in [-0.15, -0.1) is 24.0 Å². The number of pyridine rings is 1. The molecule has 3 N–H and O–H groups in total. The molecule has 24 heavy (non-hydrogen) atoms. The highest BCUT2D eigenvalue weighted by atomic mass is 127. The van der Waals surface area contributed by atoms with Gasteiger partial charge in [0, 0.05) is 18.0 Å². The Hall–Kier alpha value is -1.83. The molecule has 5 nitrogen and oxygen atoms in total. The van der Waals surface area contributed by atoms with E-state index in [9.17, 15) is 0 Å². The van der Waals surface area contributed by atoms with E-state index in [1.807, 2.05) is 43.3 Å². The van der Waals surface area contributed by atoms with Crippen LogP contribution < -0.4 is 15.8 Å². The molecule has 0 atom stereocenters. The summed E-state index contributed by atoms with van der Waals surface area (Å²) in [4.78, 5) is 8.63. The monoisotopic (exact) mass is 438 g/mol. The van der Waals surface area contributed by atoms with Crippen LogP contribution in [0.5, 0.6) is 5.88 Å². The summed E-state index contributed by atoms with van der Waals surface area (Å²) in [6, 6.07) is 11.9. The third-order valence-corrected chi connectivity index (χ3v) is 3.68. The Bertz CT molecular complexity index is 684. The number of rotatable bonds is 6. The number of aliphatic imine (C=N–C) groups is 1. The van der Waals surface area contributed by atoms with Gasteiger partial charge in [-0.1, -0.05) is 18.2 Å². The first kappa shape index (κ1) is 18.5. The molecule has 1 fully saturated rings. The fraction of sp³-hybridized carbons (Fsp3) is 0.333. The fourth-order valence-corrected chi connectivity index (χ4v) is 2.16. The zero-order chi connectivity index (χ0) is 16.1. The third kappa shape index (κ3) is 5.99. The van der Waals surface area contributed by atoms with E-state index in [2.05, 4.69) is 15.3 Å². The number of benzene rings is 1. The molecule has 0 radical (unpaired) electrons. The van der Waals surface area contributed by atoms with Gasteiger partial charge < -0.3 is 15.8 Å². The van der Waals surface area contributed by atoms with Crippen molar-refractivity contribution in [3.8, 4) is 5.88 Å². The van der Waals surface area contributed by atoms with Gasteiger partial charge in [0.25, 0.3) is 0 Å². The quantitative estimate of drug-likeness (QED) is 0.410. The predicted molar refractivity (Wildman–Crippen MR) is 108 cm³/mol. The van der Waals surface area contributed by atoms with Crippen molar-refractivity contribution >= 4 is 35.6 Å². The molecule has 0 aliphatic heterocycles. The first-order valence-electron chi connectivity index (χ1n) is 7.90. The van der Waals surface area contributed by atoms with Crippen molar-refractivity contribution in [1.29, 1.82) is 0 Å². The molecule has 0 spiro atoms. The van der Waals surface area contributed by atoms with Crippen LogP contribution in [0.15, 0.2) is 47.6 Å². The number of aromatic nitrogens is 1. The second-order valence-corrected chi connectivity index (χ2v) is 5.96. The molecule has 1 aliphatic carbocycles. The molecule has 1 aromatic carbocycles. The van der Waals surface area contributed by atoms with Crippen LogP contribution in [-0.4, -0.2) is 17.6 Å². The van der Waals surface area contributed by atoms with Gasteiger partial charge in [-0.05, 0) is 48.9 Å². The molecule has 0 bridgehead atoms. The summed E-state index contributed by atoms with van der Waals surface area (Å²) in [5, 5.41) is 3.09. The highest BCUT2D eigenvalue weighted by Gasteiger charge is 2.21. The number of hydrogen-bond acceptors (Lipinski definition) is 3. The van der Waals surface area contributed by atoms with Crippen LogP contribution in [-0.2, 0) is 6.54 Å². The molecule has 0 saturated heterocycles. The van der Waals surface area contributed by atoms with E-state index in [1.165, 1.54) is 18.4 Å². The molecule has 6 heteroatoms. The highest BCUT2D eigenvalue weighted by molar-refractivity contribution is 14.0. The van der Waals surface area contributed by atoms with E-state index in [0.717, 1.165) is 23.8 Å². The Kier molecular flexibility index (Phi) is 6.84. The molecular formula is C18H23IN4O. The number of anilines is 1. The number of nitrogens with zero attached hydrogens (tertiary/aromatic N) is 2. The summed E-state index contributed by atoms with van der Waals surface area (Å²) >= 11 is 0. The number of hydrogen-bond donors (Lipinski definition) is 2. The Balaban J connectivity index is 0.00000208. The van der Waals surface area contributed by atoms with Crippen molar-refractivity contribution in [1.82, 2.24) is 4.98 Å². The molecule has 1 heterocycles. The van der Waals surface area contributed by atoms with Crippen LogP contribution in [0.4, 0.5) is 5.69 Å². The minimum Gasteiger partial charge on any atom is -0.477 e. The van der Waals surface area contributed by atoms with Gasteiger partial charge in [-0.2, -0.15) is 0 Å². The zero-order valence-electron chi connectivity index (χ0n) is 13.7. The van der Waals surface area contributed by atoms with Gasteiger partial charge >= 0.3 is 0 Å². The van der Waals surface area contributed by atoms with Gasteiger partial charge in [0.15, 0.2) is 5.96 Å². The van der Waals surface area contributed by atoms with E-state index in [1.54, 1.807) is 6.20 Å². The topological polar surface area (TPSA) is 72.5 Å². The molecule has 0 amide bonds. The lowest BCUT2D eigenvalue weighted by Gasteiger charge is -2.07. The second-order valence-electron chi connectivity index (χ2n) is 5.96. The average Bonchev–Trinajstić information content (AvgIpc) is 3.36. The molecule has 1 aliphatic rings. The Morgan fingerprint density at radius 3 is 2.83 bits per heavy atom. The number of nitrogens with two attached hydrogens (primary N) is 1. The molecule has 2 aromatic rings. The molecule has 1 aromatic heterocycles. The van der Waals surface area contributed by atoms with Crippen molar-refractivity contribution in [3.63, 3.8) is 0 Å². The number of nitrogens with one attached hydrogen (secondary N) is 1. The summed E-state index contributed by atoms with van der Waals surface area (Å²) in [6.45, 7) is 3.30. The van der Waals surface area contributed by atoms with Crippen molar-refractivity contribution in [3.05, 3.63) is 53.7 Å². The van der Waals surface area contributed by atoms with Gasteiger partial charge in [0.1, 0.15) is 0 Å². The van der Waals surface area contributed by atoms with Gasteiger partial charge in [0.2, 0.25) is 5.88 Å². The smallest absolute Gasteiger partial charge is 0.213 e. The lowest BCUT2D eigenvalue weighted by molar-refractivity contribution is 0.288. The third-order valence-electron chi connectivity index (χ3n) is 3.68. The van der Waals surface area contributed by atoms with E-state index in [4.69, 9.17) is 10.5 Å². The van der Waals surface area contributed by atoms with E-state index < -0.39 is 0 Å². The predicted octanol–water partition coefficient (Wildman–Crippen LogP) is 3.72. The van der Waals surface area contributed by atoms with Gasteiger partial charge in [0.05, 0.1) is 13.2 Å². The van der Waals surface area contributed by atoms with E-state index in [0.29, 0.717) is 18.4 Å². The highest BCUT2D eigenvalue weighted by Crippen LogP contribution is 2.29. The van der Waals surface area contributed by atoms with Crippen molar-refractivity contribution in [2.45, 2.75) is 26.3 Å². The molecule has 128 valence electrons. The molecule has 3 rings (SSSR count). The van der Waals surface area contributed by atoms with E-state index in [-0.39, 0.29) is 24.0 Å². The van der Waals surface area contributed by atoms with Crippen LogP contribution in [0, 0.1) is 12.8 Å². The Labute approximate surface area is 159 Å². The maximum Gasteiger partial charge on any atom is 0.213 e. The van der Waals surface area contributed by atoms with Crippen LogP contribution in [0.2, 0.25) is 0 Å². The second kappa shape index (κ2) is 8.86.